The molecule has 0 radical (unpaired) electrons. The van der Waals surface area contributed by atoms with Gasteiger partial charge in [-0.3, -0.25) is 4.79 Å². The van der Waals surface area contributed by atoms with Gasteiger partial charge in [-0.2, -0.15) is 13.2 Å². The number of carbonyl (C=O) groups is 1. The van der Waals surface area contributed by atoms with Gasteiger partial charge < -0.3 is 19.5 Å². The van der Waals surface area contributed by atoms with Crippen LogP contribution in [0.2, 0.25) is 5.02 Å². The Morgan fingerprint density at radius 2 is 1.82 bits per heavy atom. The van der Waals surface area contributed by atoms with E-state index in [-0.39, 0.29) is 35.4 Å². The number of rotatable bonds is 8. The predicted molar refractivity (Wildman–Crippen MR) is 102 cm³/mol. The zero-order chi connectivity index (χ0) is 20.7. The molecule has 5 nitrogen and oxygen atoms in total. The number of benzene rings is 2. The van der Waals surface area contributed by atoms with Gasteiger partial charge in [-0.15, -0.1) is 0 Å². The molecule has 0 fully saturated rings. The first-order chi connectivity index (χ1) is 13.2. The van der Waals surface area contributed by atoms with E-state index in [9.17, 15) is 18.0 Å². The SMILES string of the molecule is COCCOc1ccc(C(F)(F)F)cc1NC(=O)COc1ccc(Br)cc1Cl. The average Bonchev–Trinajstić information content (AvgIpc) is 2.61. The molecule has 0 aromatic heterocycles. The molecular weight excluding hydrogens is 467 g/mol. The van der Waals surface area contributed by atoms with E-state index in [1.165, 1.54) is 7.11 Å². The van der Waals surface area contributed by atoms with Crippen molar-refractivity contribution in [3.05, 3.63) is 51.5 Å². The first-order valence-corrected chi connectivity index (χ1v) is 9.08. The van der Waals surface area contributed by atoms with Crippen LogP contribution in [0, 0.1) is 0 Å². The molecule has 28 heavy (non-hydrogen) atoms. The zero-order valence-corrected chi connectivity index (χ0v) is 17.0. The molecule has 0 saturated carbocycles. The van der Waals surface area contributed by atoms with Crippen molar-refractivity contribution in [2.75, 3.05) is 32.2 Å². The van der Waals surface area contributed by atoms with Gasteiger partial charge in [0, 0.05) is 11.6 Å². The van der Waals surface area contributed by atoms with Crippen LogP contribution in [0.5, 0.6) is 11.5 Å². The number of carbonyl (C=O) groups excluding carboxylic acids is 1. The number of amides is 1. The quantitative estimate of drug-likeness (QED) is 0.528. The maximum absolute atomic E-state index is 13.0. The normalized spacial score (nSPS) is 11.2. The molecular formula is C18H16BrClF3NO4. The molecule has 152 valence electrons. The maximum Gasteiger partial charge on any atom is 0.416 e. The second-order valence-electron chi connectivity index (χ2n) is 5.46. The molecule has 2 aromatic carbocycles. The Balaban J connectivity index is 2.11. The third-order valence-electron chi connectivity index (χ3n) is 3.38. The molecule has 0 aliphatic carbocycles. The minimum Gasteiger partial charge on any atom is -0.489 e. The number of nitrogens with one attached hydrogen (secondary N) is 1. The number of alkyl halides is 3. The number of ether oxygens (including phenoxy) is 3. The van der Waals surface area contributed by atoms with E-state index >= 15 is 0 Å². The van der Waals surface area contributed by atoms with Crippen molar-refractivity contribution in [3.63, 3.8) is 0 Å². The van der Waals surface area contributed by atoms with Crippen molar-refractivity contribution in [1.29, 1.82) is 0 Å². The van der Waals surface area contributed by atoms with Gasteiger partial charge >= 0.3 is 6.18 Å². The second kappa shape index (κ2) is 9.99. The van der Waals surface area contributed by atoms with Crippen LogP contribution in [-0.4, -0.2) is 32.8 Å². The Hall–Kier alpha value is -1.97. The standard InChI is InChI=1S/C18H16BrClF3NO4/c1-26-6-7-27-16-4-2-11(18(21,22)23)8-14(16)24-17(25)10-28-15-5-3-12(19)9-13(15)20/h2-5,8-9H,6-7,10H2,1H3,(H,24,25). The Morgan fingerprint density at radius 1 is 1.11 bits per heavy atom. The molecule has 0 heterocycles. The lowest BCUT2D eigenvalue weighted by atomic mass is 10.1. The molecule has 1 N–H and O–H groups in total. The van der Waals surface area contributed by atoms with Crippen molar-refractivity contribution in [3.8, 4) is 11.5 Å². The van der Waals surface area contributed by atoms with E-state index < -0.39 is 24.3 Å². The van der Waals surface area contributed by atoms with Gasteiger partial charge in [0.05, 0.1) is 22.9 Å². The van der Waals surface area contributed by atoms with E-state index in [0.29, 0.717) is 0 Å². The summed E-state index contributed by atoms with van der Waals surface area (Å²) in [4.78, 5) is 12.2. The van der Waals surface area contributed by atoms with Gasteiger partial charge in [0.2, 0.25) is 0 Å². The fraction of sp³-hybridized carbons (Fsp3) is 0.278. The summed E-state index contributed by atoms with van der Waals surface area (Å²) < 4.78 is 55.2. The highest BCUT2D eigenvalue weighted by molar-refractivity contribution is 9.10. The van der Waals surface area contributed by atoms with E-state index in [1.54, 1.807) is 18.2 Å². The van der Waals surface area contributed by atoms with Crippen molar-refractivity contribution >= 4 is 39.1 Å². The van der Waals surface area contributed by atoms with E-state index in [0.717, 1.165) is 22.7 Å². The fourth-order valence-corrected chi connectivity index (χ4v) is 2.81. The van der Waals surface area contributed by atoms with Crippen LogP contribution >= 0.6 is 27.5 Å². The van der Waals surface area contributed by atoms with Crippen LogP contribution < -0.4 is 14.8 Å². The molecule has 0 aliphatic rings. The van der Waals surface area contributed by atoms with Gasteiger partial charge in [-0.1, -0.05) is 27.5 Å². The summed E-state index contributed by atoms with van der Waals surface area (Å²) in [5.41, 5.74) is -1.04. The molecule has 2 aromatic rings. The summed E-state index contributed by atoms with van der Waals surface area (Å²) in [6.07, 6.45) is -4.56. The van der Waals surface area contributed by atoms with E-state index in [2.05, 4.69) is 21.2 Å². The number of hydrogen-bond donors (Lipinski definition) is 1. The Bertz CT molecular complexity index is 833. The first kappa shape index (κ1) is 22.3. The topological polar surface area (TPSA) is 56.8 Å². The van der Waals surface area contributed by atoms with Crippen LogP contribution in [0.4, 0.5) is 18.9 Å². The predicted octanol–water partition coefficient (Wildman–Crippen LogP) is 5.16. The fourth-order valence-electron chi connectivity index (χ4n) is 2.09. The first-order valence-electron chi connectivity index (χ1n) is 7.91. The monoisotopic (exact) mass is 481 g/mol. The summed E-state index contributed by atoms with van der Waals surface area (Å²) in [5, 5.41) is 2.65. The van der Waals surface area contributed by atoms with Gasteiger partial charge in [0.25, 0.3) is 5.91 Å². The highest BCUT2D eigenvalue weighted by Crippen LogP contribution is 2.35. The van der Waals surface area contributed by atoms with Crippen LogP contribution in [0.3, 0.4) is 0 Å². The summed E-state index contributed by atoms with van der Waals surface area (Å²) in [6, 6.07) is 7.63. The molecule has 0 spiro atoms. The van der Waals surface area contributed by atoms with E-state index in [1.807, 2.05) is 0 Å². The molecule has 0 saturated heterocycles. The molecule has 0 bridgehead atoms. The molecule has 0 atom stereocenters. The molecule has 0 unspecified atom stereocenters. The lowest BCUT2D eigenvalue weighted by molar-refractivity contribution is -0.137. The van der Waals surface area contributed by atoms with Crippen molar-refractivity contribution < 1.29 is 32.2 Å². The average molecular weight is 483 g/mol. The summed E-state index contributed by atoms with van der Waals surface area (Å²) in [6.45, 7) is -0.107. The van der Waals surface area contributed by atoms with Crippen molar-refractivity contribution in [2.24, 2.45) is 0 Å². The summed E-state index contributed by atoms with van der Waals surface area (Å²) in [7, 11) is 1.46. The van der Waals surface area contributed by atoms with Crippen LogP contribution in [0.25, 0.3) is 0 Å². The van der Waals surface area contributed by atoms with Gasteiger partial charge in [-0.05, 0) is 36.4 Å². The number of methoxy groups -OCH3 is 1. The largest absolute Gasteiger partial charge is 0.489 e. The highest BCUT2D eigenvalue weighted by atomic mass is 79.9. The number of hydrogen-bond acceptors (Lipinski definition) is 4. The van der Waals surface area contributed by atoms with Gasteiger partial charge in [0.15, 0.2) is 6.61 Å². The Labute approximate surface area is 172 Å². The second-order valence-corrected chi connectivity index (χ2v) is 6.78. The highest BCUT2D eigenvalue weighted by Gasteiger charge is 2.31. The van der Waals surface area contributed by atoms with Crippen LogP contribution in [0.15, 0.2) is 40.9 Å². The van der Waals surface area contributed by atoms with E-state index in [4.69, 9.17) is 25.8 Å². The Kier molecular flexibility index (Phi) is 7.97. The van der Waals surface area contributed by atoms with Gasteiger partial charge in [-0.25, -0.2) is 0 Å². The third-order valence-corrected chi connectivity index (χ3v) is 4.17. The summed E-state index contributed by atoms with van der Waals surface area (Å²) in [5.74, 6) is -0.324. The lowest BCUT2D eigenvalue weighted by Gasteiger charge is -2.15. The number of anilines is 1. The zero-order valence-electron chi connectivity index (χ0n) is 14.6. The maximum atomic E-state index is 13.0. The lowest BCUT2D eigenvalue weighted by Crippen LogP contribution is -2.21. The Morgan fingerprint density at radius 3 is 2.46 bits per heavy atom. The van der Waals surface area contributed by atoms with Gasteiger partial charge in [0.1, 0.15) is 18.1 Å². The molecule has 10 heteroatoms. The summed E-state index contributed by atoms with van der Waals surface area (Å²) >= 11 is 9.24. The minimum atomic E-state index is -4.56. The van der Waals surface area contributed by atoms with Crippen LogP contribution in [-0.2, 0) is 15.7 Å². The molecule has 1 amide bonds. The van der Waals surface area contributed by atoms with Crippen molar-refractivity contribution in [2.45, 2.75) is 6.18 Å². The van der Waals surface area contributed by atoms with Crippen LogP contribution in [0.1, 0.15) is 5.56 Å². The third kappa shape index (κ3) is 6.57. The van der Waals surface area contributed by atoms with Crippen molar-refractivity contribution in [1.82, 2.24) is 0 Å². The smallest absolute Gasteiger partial charge is 0.416 e. The minimum absolute atomic E-state index is 0.0834. The molecule has 0 aliphatic heterocycles. The molecule has 2 rings (SSSR count). The number of halogens is 5.